The van der Waals surface area contributed by atoms with Gasteiger partial charge in [0.15, 0.2) is 0 Å². The van der Waals surface area contributed by atoms with Crippen molar-refractivity contribution in [2.45, 2.75) is 46.1 Å². The molecule has 1 rings (SSSR count). The summed E-state index contributed by atoms with van der Waals surface area (Å²) in [4.78, 5) is 16.1. The quantitative estimate of drug-likeness (QED) is 0.832. The molecule has 0 aliphatic rings. The molecule has 0 aliphatic heterocycles. The summed E-state index contributed by atoms with van der Waals surface area (Å²) >= 11 is 0. The highest BCUT2D eigenvalue weighted by atomic mass is 16.1. The summed E-state index contributed by atoms with van der Waals surface area (Å²) in [6, 6.07) is 3.75. The number of hydrogen-bond acceptors (Lipinski definition) is 2. The van der Waals surface area contributed by atoms with E-state index in [4.69, 9.17) is 0 Å². The number of hydrogen-bond donors (Lipinski definition) is 1. The lowest BCUT2D eigenvalue weighted by Crippen LogP contribution is -2.30. The highest BCUT2D eigenvalue weighted by Gasteiger charge is 2.17. The Balaban J connectivity index is 2.95. The van der Waals surface area contributed by atoms with Crippen LogP contribution < -0.4 is 5.32 Å². The Morgan fingerprint density at radius 3 is 2.50 bits per heavy atom. The van der Waals surface area contributed by atoms with Crippen LogP contribution in [0.3, 0.4) is 0 Å². The first kappa shape index (κ1) is 12.7. The van der Waals surface area contributed by atoms with Crippen LogP contribution in [0, 0.1) is 0 Å². The van der Waals surface area contributed by atoms with Gasteiger partial charge in [0.05, 0.1) is 0 Å². The Bertz CT molecular complexity index is 378. The monoisotopic (exact) mass is 220 g/mol. The molecular formula is C13H20N2O. The SMILES string of the molecule is CC(C)NC(=O)c1ccnc(C(C)(C)C)c1. The molecule has 0 saturated carbocycles. The standard InChI is InChI=1S/C13H20N2O/c1-9(2)15-12(16)10-6-7-14-11(8-10)13(3,4)5/h6-9H,1-5H3,(H,15,16). The van der Waals surface area contributed by atoms with Crippen LogP contribution in [0.25, 0.3) is 0 Å². The predicted octanol–water partition coefficient (Wildman–Crippen LogP) is 2.52. The Kier molecular flexibility index (Phi) is 3.68. The van der Waals surface area contributed by atoms with E-state index >= 15 is 0 Å². The van der Waals surface area contributed by atoms with E-state index in [0.717, 1.165) is 5.69 Å². The minimum Gasteiger partial charge on any atom is -0.350 e. The Hall–Kier alpha value is -1.38. The van der Waals surface area contributed by atoms with Gasteiger partial charge in [0, 0.05) is 28.9 Å². The van der Waals surface area contributed by atoms with E-state index < -0.39 is 0 Å². The lowest BCUT2D eigenvalue weighted by molar-refractivity contribution is 0.0943. The molecule has 0 bridgehead atoms. The van der Waals surface area contributed by atoms with Gasteiger partial charge < -0.3 is 5.32 Å². The van der Waals surface area contributed by atoms with Gasteiger partial charge in [-0.25, -0.2) is 0 Å². The van der Waals surface area contributed by atoms with Crippen molar-refractivity contribution in [3.05, 3.63) is 29.6 Å². The summed E-state index contributed by atoms with van der Waals surface area (Å²) in [7, 11) is 0. The minimum absolute atomic E-state index is 0.0336. The maximum absolute atomic E-state index is 11.8. The number of nitrogens with one attached hydrogen (secondary N) is 1. The zero-order valence-electron chi connectivity index (χ0n) is 10.7. The van der Waals surface area contributed by atoms with Crippen LogP contribution in [0.1, 0.15) is 50.7 Å². The summed E-state index contributed by atoms with van der Waals surface area (Å²) < 4.78 is 0. The van der Waals surface area contributed by atoms with Crippen molar-refractivity contribution in [2.24, 2.45) is 0 Å². The van der Waals surface area contributed by atoms with Crippen molar-refractivity contribution in [2.75, 3.05) is 0 Å². The van der Waals surface area contributed by atoms with E-state index in [-0.39, 0.29) is 17.4 Å². The first-order valence-electron chi connectivity index (χ1n) is 5.58. The molecule has 88 valence electrons. The molecule has 0 atom stereocenters. The second-order valence-corrected chi connectivity index (χ2v) is 5.31. The summed E-state index contributed by atoms with van der Waals surface area (Å²) in [5.41, 5.74) is 1.58. The number of carbonyl (C=O) groups excluding carboxylic acids is 1. The molecule has 1 aromatic rings. The van der Waals surface area contributed by atoms with Gasteiger partial charge in [0.25, 0.3) is 5.91 Å². The highest BCUT2D eigenvalue weighted by Crippen LogP contribution is 2.20. The van der Waals surface area contributed by atoms with Gasteiger partial charge in [0.2, 0.25) is 0 Å². The van der Waals surface area contributed by atoms with Crippen LogP contribution in [0.2, 0.25) is 0 Å². The van der Waals surface area contributed by atoms with Crippen molar-refractivity contribution < 1.29 is 4.79 Å². The van der Waals surface area contributed by atoms with E-state index in [1.54, 1.807) is 12.3 Å². The molecule has 1 amide bonds. The fraction of sp³-hybridized carbons (Fsp3) is 0.538. The van der Waals surface area contributed by atoms with Crippen LogP contribution >= 0.6 is 0 Å². The van der Waals surface area contributed by atoms with Gasteiger partial charge in [-0.3, -0.25) is 9.78 Å². The maximum Gasteiger partial charge on any atom is 0.251 e. The van der Waals surface area contributed by atoms with E-state index in [0.29, 0.717) is 5.56 Å². The minimum atomic E-state index is -0.0390. The van der Waals surface area contributed by atoms with Gasteiger partial charge in [-0.15, -0.1) is 0 Å². The van der Waals surface area contributed by atoms with Gasteiger partial charge >= 0.3 is 0 Å². The zero-order chi connectivity index (χ0) is 12.3. The molecule has 1 aromatic heterocycles. The van der Waals surface area contributed by atoms with E-state index in [1.807, 2.05) is 19.9 Å². The topological polar surface area (TPSA) is 42.0 Å². The van der Waals surface area contributed by atoms with Crippen LogP contribution in [-0.4, -0.2) is 16.9 Å². The second kappa shape index (κ2) is 4.64. The molecule has 3 nitrogen and oxygen atoms in total. The number of carbonyl (C=O) groups is 1. The van der Waals surface area contributed by atoms with Crippen LogP contribution in [0.5, 0.6) is 0 Å². The smallest absolute Gasteiger partial charge is 0.251 e. The van der Waals surface area contributed by atoms with Gasteiger partial charge in [-0.2, -0.15) is 0 Å². The molecule has 0 unspecified atom stereocenters. The van der Waals surface area contributed by atoms with Crippen molar-refractivity contribution in [3.8, 4) is 0 Å². The molecule has 0 fully saturated rings. The average molecular weight is 220 g/mol. The third kappa shape index (κ3) is 3.33. The molecule has 0 aliphatic carbocycles. The number of amides is 1. The van der Waals surface area contributed by atoms with Crippen molar-refractivity contribution in [3.63, 3.8) is 0 Å². The van der Waals surface area contributed by atoms with Crippen LogP contribution in [0.15, 0.2) is 18.3 Å². The summed E-state index contributed by atoms with van der Waals surface area (Å²) in [6.07, 6.45) is 1.69. The van der Waals surface area contributed by atoms with Crippen molar-refractivity contribution in [1.29, 1.82) is 0 Å². The third-order valence-electron chi connectivity index (χ3n) is 2.21. The first-order valence-corrected chi connectivity index (χ1v) is 5.58. The number of rotatable bonds is 2. The lowest BCUT2D eigenvalue weighted by atomic mass is 9.91. The van der Waals surface area contributed by atoms with E-state index in [2.05, 4.69) is 31.1 Å². The average Bonchev–Trinajstić information content (AvgIpc) is 2.15. The lowest BCUT2D eigenvalue weighted by Gasteiger charge is -2.18. The molecule has 0 aromatic carbocycles. The molecule has 1 heterocycles. The maximum atomic E-state index is 11.8. The van der Waals surface area contributed by atoms with Crippen molar-refractivity contribution in [1.82, 2.24) is 10.3 Å². The van der Waals surface area contributed by atoms with Crippen LogP contribution in [0.4, 0.5) is 0 Å². The molecule has 0 spiro atoms. The normalized spacial score (nSPS) is 11.6. The highest BCUT2D eigenvalue weighted by molar-refractivity contribution is 5.94. The van der Waals surface area contributed by atoms with Gasteiger partial charge in [-0.05, 0) is 26.0 Å². The van der Waals surface area contributed by atoms with Gasteiger partial charge in [0.1, 0.15) is 0 Å². The molecule has 16 heavy (non-hydrogen) atoms. The van der Waals surface area contributed by atoms with Crippen LogP contribution in [-0.2, 0) is 5.41 Å². The number of pyridine rings is 1. The summed E-state index contributed by atoms with van der Waals surface area (Å²) in [6.45, 7) is 10.1. The zero-order valence-corrected chi connectivity index (χ0v) is 10.7. The Labute approximate surface area is 97.3 Å². The summed E-state index contributed by atoms with van der Waals surface area (Å²) in [5.74, 6) is -0.0390. The molecule has 3 heteroatoms. The summed E-state index contributed by atoms with van der Waals surface area (Å²) in [5, 5.41) is 2.87. The molecule has 0 radical (unpaired) electrons. The Morgan fingerprint density at radius 1 is 1.38 bits per heavy atom. The fourth-order valence-corrected chi connectivity index (χ4v) is 1.33. The number of nitrogens with zero attached hydrogens (tertiary/aromatic N) is 1. The third-order valence-corrected chi connectivity index (χ3v) is 2.21. The predicted molar refractivity (Wildman–Crippen MR) is 65.5 cm³/mol. The molecular weight excluding hydrogens is 200 g/mol. The number of aromatic nitrogens is 1. The Morgan fingerprint density at radius 2 is 2.00 bits per heavy atom. The largest absolute Gasteiger partial charge is 0.350 e. The molecule has 1 N–H and O–H groups in total. The second-order valence-electron chi connectivity index (χ2n) is 5.31. The van der Waals surface area contributed by atoms with E-state index in [1.165, 1.54) is 0 Å². The van der Waals surface area contributed by atoms with E-state index in [9.17, 15) is 4.79 Å². The van der Waals surface area contributed by atoms with Gasteiger partial charge in [-0.1, -0.05) is 20.8 Å². The fourth-order valence-electron chi connectivity index (χ4n) is 1.33. The van der Waals surface area contributed by atoms with Crippen molar-refractivity contribution >= 4 is 5.91 Å². The molecule has 0 saturated heterocycles. The first-order chi connectivity index (χ1) is 7.30.